The summed E-state index contributed by atoms with van der Waals surface area (Å²) in [5.41, 5.74) is 4.61. The van der Waals surface area contributed by atoms with Crippen LogP contribution in [0.15, 0.2) is 54.9 Å². The molecule has 0 atom stereocenters. The van der Waals surface area contributed by atoms with Crippen LogP contribution in [0.2, 0.25) is 0 Å². The fourth-order valence-corrected chi connectivity index (χ4v) is 2.91. The van der Waals surface area contributed by atoms with Crippen LogP contribution in [-0.2, 0) is 19.4 Å². The van der Waals surface area contributed by atoms with Crippen LogP contribution in [0.4, 0.5) is 16.0 Å². The lowest BCUT2D eigenvalue weighted by molar-refractivity contribution is 0.0950. The Morgan fingerprint density at radius 1 is 0.964 bits per heavy atom. The molecule has 0 saturated heterocycles. The molecule has 144 valence electrons. The number of para-hydroxylation sites is 1. The lowest BCUT2D eigenvalue weighted by Crippen LogP contribution is -2.23. The standard InChI is InChI=1S/C22H23FN4O/c1-3-16-6-5-7-17(4-2)20(16)27-22-25-13-18(14-26-22)21(28)24-12-15-8-10-19(23)11-9-15/h5-11,13-14H,3-4,12H2,1-2H3,(H,24,28)(H,25,26,27). The Kier molecular flexibility index (Phi) is 6.32. The first-order chi connectivity index (χ1) is 13.6. The zero-order valence-electron chi connectivity index (χ0n) is 16.0. The number of carbonyl (C=O) groups excluding carboxylic acids is 1. The second-order valence-electron chi connectivity index (χ2n) is 6.39. The van der Waals surface area contributed by atoms with Gasteiger partial charge >= 0.3 is 0 Å². The minimum atomic E-state index is -0.303. The van der Waals surface area contributed by atoms with Crippen LogP contribution in [0, 0.1) is 5.82 Å². The molecule has 2 N–H and O–H groups in total. The van der Waals surface area contributed by atoms with Crippen molar-refractivity contribution in [1.29, 1.82) is 0 Å². The Labute approximate surface area is 164 Å². The summed E-state index contributed by atoms with van der Waals surface area (Å²) in [6.07, 6.45) is 4.80. The molecule has 0 aliphatic carbocycles. The molecule has 6 heteroatoms. The zero-order chi connectivity index (χ0) is 19.9. The lowest BCUT2D eigenvalue weighted by atomic mass is 10.0. The predicted octanol–water partition coefficient (Wildman–Crippen LogP) is 4.41. The highest BCUT2D eigenvalue weighted by molar-refractivity contribution is 5.93. The molecule has 0 saturated carbocycles. The van der Waals surface area contributed by atoms with Crippen LogP contribution in [-0.4, -0.2) is 15.9 Å². The number of rotatable bonds is 7. The smallest absolute Gasteiger partial charge is 0.254 e. The van der Waals surface area contributed by atoms with Crippen LogP contribution in [0.5, 0.6) is 0 Å². The van der Waals surface area contributed by atoms with Crippen LogP contribution in [0.3, 0.4) is 0 Å². The number of anilines is 2. The van der Waals surface area contributed by atoms with Gasteiger partial charge < -0.3 is 10.6 Å². The molecule has 3 aromatic rings. The van der Waals surface area contributed by atoms with Crippen LogP contribution >= 0.6 is 0 Å². The average Bonchev–Trinajstić information content (AvgIpc) is 2.73. The molecular formula is C22H23FN4O. The first-order valence-electron chi connectivity index (χ1n) is 9.33. The average molecular weight is 378 g/mol. The van der Waals surface area contributed by atoms with E-state index in [9.17, 15) is 9.18 Å². The Balaban J connectivity index is 1.66. The summed E-state index contributed by atoms with van der Waals surface area (Å²) in [5, 5.41) is 6.06. The summed E-state index contributed by atoms with van der Waals surface area (Å²) in [6.45, 7) is 4.52. The van der Waals surface area contributed by atoms with Gasteiger partial charge in [-0.05, 0) is 41.7 Å². The van der Waals surface area contributed by atoms with Gasteiger partial charge in [0.1, 0.15) is 5.82 Å². The summed E-state index contributed by atoms with van der Waals surface area (Å²) in [6, 6.07) is 12.2. The molecule has 0 aliphatic rings. The highest BCUT2D eigenvalue weighted by atomic mass is 19.1. The number of nitrogens with zero attached hydrogens (tertiary/aromatic N) is 2. The van der Waals surface area contributed by atoms with Gasteiger partial charge in [0.2, 0.25) is 5.95 Å². The number of aromatic nitrogens is 2. The van der Waals surface area contributed by atoms with E-state index in [0.29, 0.717) is 18.1 Å². The first-order valence-corrected chi connectivity index (χ1v) is 9.33. The first kappa shape index (κ1) is 19.5. The summed E-state index contributed by atoms with van der Waals surface area (Å²) in [5.74, 6) is -0.132. The van der Waals surface area contributed by atoms with Crippen molar-refractivity contribution in [1.82, 2.24) is 15.3 Å². The summed E-state index contributed by atoms with van der Waals surface area (Å²) in [4.78, 5) is 20.8. The van der Waals surface area contributed by atoms with Gasteiger partial charge in [-0.3, -0.25) is 4.79 Å². The topological polar surface area (TPSA) is 66.9 Å². The van der Waals surface area contributed by atoms with Gasteiger partial charge in [0.15, 0.2) is 0 Å². The minimum Gasteiger partial charge on any atom is -0.348 e. The fraction of sp³-hybridized carbons (Fsp3) is 0.227. The van der Waals surface area contributed by atoms with Gasteiger partial charge in [-0.15, -0.1) is 0 Å². The van der Waals surface area contributed by atoms with Crippen LogP contribution in [0.1, 0.15) is 40.9 Å². The molecule has 1 amide bonds. The highest BCUT2D eigenvalue weighted by Crippen LogP contribution is 2.25. The Morgan fingerprint density at radius 3 is 2.14 bits per heavy atom. The van der Waals surface area contributed by atoms with E-state index in [4.69, 9.17) is 0 Å². The number of halogens is 1. The van der Waals surface area contributed by atoms with Crippen molar-refractivity contribution in [3.05, 3.63) is 82.9 Å². The molecule has 0 radical (unpaired) electrons. The van der Waals surface area contributed by atoms with Gasteiger partial charge in [-0.2, -0.15) is 0 Å². The third-order valence-electron chi connectivity index (χ3n) is 4.52. The monoisotopic (exact) mass is 378 g/mol. The molecule has 2 aromatic carbocycles. The highest BCUT2D eigenvalue weighted by Gasteiger charge is 2.10. The normalized spacial score (nSPS) is 10.5. The number of nitrogens with one attached hydrogen (secondary N) is 2. The van der Waals surface area contributed by atoms with Gasteiger partial charge in [-0.1, -0.05) is 44.2 Å². The summed E-state index contributed by atoms with van der Waals surface area (Å²) in [7, 11) is 0. The van der Waals surface area contributed by atoms with Crippen LogP contribution in [0.25, 0.3) is 0 Å². The second kappa shape index (κ2) is 9.08. The maximum Gasteiger partial charge on any atom is 0.254 e. The molecule has 28 heavy (non-hydrogen) atoms. The maximum absolute atomic E-state index is 12.9. The quantitative estimate of drug-likeness (QED) is 0.639. The molecular weight excluding hydrogens is 355 g/mol. The van der Waals surface area contributed by atoms with E-state index in [2.05, 4.69) is 52.6 Å². The van der Waals surface area contributed by atoms with Gasteiger partial charge in [0.25, 0.3) is 5.91 Å². The molecule has 3 rings (SSSR count). The third kappa shape index (κ3) is 4.71. The van der Waals surface area contributed by atoms with E-state index in [0.717, 1.165) is 24.1 Å². The van der Waals surface area contributed by atoms with Crippen molar-refractivity contribution >= 4 is 17.5 Å². The maximum atomic E-state index is 12.9. The molecule has 1 aromatic heterocycles. The van der Waals surface area contributed by atoms with Gasteiger partial charge in [-0.25, -0.2) is 14.4 Å². The largest absolute Gasteiger partial charge is 0.348 e. The number of carbonyl (C=O) groups is 1. The van der Waals surface area contributed by atoms with E-state index in [1.807, 2.05) is 0 Å². The second-order valence-corrected chi connectivity index (χ2v) is 6.39. The molecule has 1 heterocycles. The van der Waals surface area contributed by atoms with E-state index >= 15 is 0 Å². The SMILES string of the molecule is CCc1cccc(CC)c1Nc1ncc(C(=O)NCc2ccc(F)cc2)cn1. The number of aryl methyl sites for hydroxylation is 2. The zero-order valence-corrected chi connectivity index (χ0v) is 16.0. The van der Waals surface area contributed by atoms with Gasteiger partial charge in [0, 0.05) is 24.6 Å². The van der Waals surface area contributed by atoms with E-state index in [1.165, 1.54) is 35.7 Å². The third-order valence-corrected chi connectivity index (χ3v) is 4.52. The molecule has 5 nitrogen and oxygen atoms in total. The minimum absolute atomic E-state index is 0.279. The summed E-state index contributed by atoms with van der Waals surface area (Å²) < 4.78 is 12.9. The molecule has 0 bridgehead atoms. The number of hydrogen-bond donors (Lipinski definition) is 2. The number of hydrogen-bond acceptors (Lipinski definition) is 4. The fourth-order valence-electron chi connectivity index (χ4n) is 2.91. The number of benzene rings is 2. The molecule has 0 unspecified atom stereocenters. The Hall–Kier alpha value is -3.28. The van der Waals surface area contributed by atoms with Crippen molar-refractivity contribution in [3.8, 4) is 0 Å². The lowest BCUT2D eigenvalue weighted by Gasteiger charge is -2.14. The van der Waals surface area contributed by atoms with Crippen molar-refractivity contribution in [2.45, 2.75) is 33.2 Å². The van der Waals surface area contributed by atoms with E-state index < -0.39 is 0 Å². The Morgan fingerprint density at radius 2 is 1.57 bits per heavy atom. The van der Waals surface area contributed by atoms with Crippen molar-refractivity contribution in [2.75, 3.05) is 5.32 Å². The number of amides is 1. The van der Waals surface area contributed by atoms with Crippen molar-refractivity contribution in [2.24, 2.45) is 0 Å². The predicted molar refractivity (Wildman–Crippen MR) is 108 cm³/mol. The van der Waals surface area contributed by atoms with Crippen molar-refractivity contribution in [3.63, 3.8) is 0 Å². The molecule has 0 fully saturated rings. The van der Waals surface area contributed by atoms with E-state index in [-0.39, 0.29) is 11.7 Å². The molecule has 0 spiro atoms. The summed E-state index contributed by atoms with van der Waals surface area (Å²) >= 11 is 0. The van der Waals surface area contributed by atoms with E-state index in [1.54, 1.807) is 12.1 Å². The van der Waals surface area contributed by atoms with Gasteiger partial charge in [0.05, 0.1) is 5.56 Å². The van der Waals surface area contributed by atoms with Crippen molar-refractivity contribution < 1.29 is 9.18 Å². The Bertz CT molecular complexity index is 918. The van der Waals surface area contributed by atoms with Crippen LogP contribution < -0.4 is 10.6 Å². The molecule has 0 aliphatic heterocycles.